The molecule has 0 N–H and O–H groups in total. The molecule has 0 spiro atoms. The molecule has 4 nitrogen and oxygen atoms in total. The van der Waals surface area contributed by atoms with Crippen LogP contribution in [0.2, 0.25) is 0 Å². The molecule has 0 unspecified atom stereocenters. The minimum absolute atomic E-state index is 0.544. The van der Waals surface area contributed by atoms with Crippen LogP contribution in [0.4, 0.5) is 0 Å². The van der Waals surface area contributed by atoms with Crippen molar-refractivity contribution < 1.29 is 4.74 Å². The van der Waals surface area contributed by atoms with Crippen molar-refractivity contribution in [2.75, 3.05) is 0 Å². The van der Waals surface area contributed by atoms with Crippen molar-refractivity contribution in [2.45, 2.75) is 39.2 Å². The van der Waals surface area contributed by atoms with E-state index < -0.39 is 20.1 Å². The van der Waals surface area contributed by atoms with Gasteiger partial charge in [0, 0.05) is 50.3 Å². The first-order valence-corrected chi connectivity index (χ1v) is 24.3. The molecule has 0 saturated carbocycles. The second-order valence-electron chi connectivity index (χ2n) is 15.2. The third-order valence-corrected chi connectivity index (χ3v) is 19.4. The molecule has 0 radical (unpaired) electrons. The molecule has 0 saturated heterocycles. The van der Waals surface area contributed by atoms with Crippen LogP contribution in [0.25, 0.3) is 34.2 Å². The number of fused-ring (bicyclic) bond motifs is 2. The van der Waals surface area contributed by atoms with Gasteiger partial charge in [0.05, 0.1) is 5.56 Å². The molecule has 1 aliphatic heterocycles. The normalized spacial score (nSPS) is 13.5. The Morgan fingerprint density at radius 2 is 0.746 bits per heavy atom. The summed E-state index contributed by atoms with van der Waals surface area (Å²) in [5.74, 6) is 3.30. The Labute approximate surface area is 371 Å². The Hall–Kier alpha value is -7.51. The molecular formula is C57H41N3OS2. The molecule has 1 aromatic heterocycles. The van der Waals surface area contributed by atoms with Gasteiger partial charge in [-0.3, -0.25) is 0 Å². The number of para-hydroxylation sites is 2. The summed E-state index contributed by atoms with van der Waals surface area (Å²) in [5.41, 5.74) is 2.61. The van der Waals surface area contributed by atoms with Crippen molar-refractivity contribution in [3.63, 3.8) is 0 Å². The van der Waals surface area contributed by atoms with Gasteiger partial charge < -0.3 is 4.74 Å². The van der Waals surface area contributed by atoms with Crippen LogP contribution in [0.1, 0.15) is 0 Å². The molecule has 0 aliphatic carbocycles. The van der Waals surface area contributed by atoms with Gasteiger partial charge in [0.1, 0.15) is 5.75 Å². The fourth-order valence-corrected chi connectivity index (χ4v) is 16.8. The van der Waals surface area contributed by atoms with Crippen molar-refractivity contribution >= 4 is 20.1 Å². The van der Waals surface area contributed by atoms with Gasteiger partial charge in [0.25, 0.3) is 0 Å². The summed E-state index contributed by atoms with van der Waals surface area (Å²) >= 11 is 0. The number of benzene rings is 9. The van der Waals surface area contributed by atoms with Gasteiger partial charge in [-0.05, 0) is 97.1 Å². The number of nitrogens with zero attached hydrogens (tertiary/aromatic N) is 3. The van der Waals surface area contributed by atoms with Crippen LogP contribution >= 0.6 is 20.1 Å². The summed E-state index contributed by atoms with van der Waals surface area (Å²) in [5, 5.41) is 0. The van der Waals surface area contributed by atoms with E-state index in [0.29, 0.717) is 17.5 Å². The van der Waals surface area contributed by atoms with Crippen LogP contribution in [0.3, 0.4) is 0 Å². The maximum Gasteiger partial charge on any atom is 0.167 e. The molecule has 6 heteroatoms. The van der Waals surface area contributed by atoms with Crippen molar-refractivity contribution in [1.82, 2.24) is 15.0 Å². The average molecular weight is 848 g/mol. The molecular weight excluding hydrogens is 807 g/mol. The Morgan fingerprint density at radius 3 is 1.32 bits per heavy atom. The lowest BCUT2D eigenvalue weighted by molar-refractivity contribution is 0.453. The highest BCUT2D eigenvalue weighted by atomic mass is 32.3. The van der Waals surface area contributed by atoms with Crippen molar-refractivity contribution in [3.8, 4) is 45.7 Å². The first kappa shape index (κ1) is 38.4. The van der Waals surface area contributed by atoms with Crippen LogP contribution in [-0.4, -0.2) is 15.0 Å². The van der Waals surface area contributed by atoms with Crippen molar-refractivity contribution in [3.05, 3.63) is 249 Å². The standard InChI is InChI=1S/C57H41N3OS2/c1-7-23-42(24-8-1)55-58-56(43-25-21-36-49(41-43)62(44-26-9-2-10-27-44,45-28-11-3-12-29-45)46-30-13-4-14-31-46)60-57(59-55)50-37-22-40-53-54(50)61-51-38-19-20-39-52(51)63(53,47-32-15-5-16-33-47)48-34-17-6-18-35-48/h1-41H. The fourth-order valence-electron chi connectivity index (χ4n) is 8.81. The molecule has 2 heterocycles. The Morgan fingerprint density at radius 1 is 0.333 bits per heavy atom. The minimum Gasteiger partial charge on any atom is -0.454 e. The first-order chi connectivity index (χ1) is 31.2. The number of rotatable bonds is 9. The quantitative estimate of drug-likeness (QED) is 0.145. The zero-order chi connectivity index (χ0) is 42.1. The van der Waals surface area contributed by atoms with E-state index in [1.165, 1.54) is 29.4 Å². The summed E-state index contributed by atoms with van der Waals surface area (Å²) in [4.78, 5) is 25.6. The van der Waals surface area contributed by atoms with Crippen molar-refractivity contribution in [2.24, 2.45) is 0 Å². The van der Waals surface area contributed by atoms with E-state index in [1.807, 2.05) is 18.2 Å². The lowest BCUT2D eigenvalue weighted by Crippen LogP contribution is -2.13. The molecule has 0 bridgehead atoms. The summed E-state index contributed by atoms with van der Waals surface area (Å²) in [6.45, 7) is 0. The zero-order valence-electron chi connectivity index (χ0n) is 34.2. The molecule has 9 aromatic carbocycles. The SMILES string of the molecule is c1ccc(-c2nc(-c3cccc(S(c4ccccc4)(c4ccccc4)c4ccccc4)c3)nc(-c3cccc4c3Oc3ccccc3S4(c3ccccc3)c3ccccc3)n2)cc1. The van der Waals surface area contributed by atoms with E-state index in [9.17, 15) is 0 Å². The van der Waals surface area contributed by atoms with Crippen LogP contribution < -0.4 is 4.74 Å². The van der Waals surface area contributed by atoms with Gasteiger partial charge >= 0.3 is 0 Å². The molecule has 302 valence electrons. The molecule has 63 heavy (non-hydrogen) atoms. The van der Waals surface area contributed by atoms with Gasteiger partial charge in [-0.1, -0.05) is 152 Å². The van der Waals surface area contributed by atoms with Crippen LogP contribution in [-0.2, 0) is 0 Å². The maximum absolute atomic E-state index is 7.09. The minimum atomic E-state index is -2.02. The third kappa shape index (κ3) is 6.54. The highest BCUT2D eigenvalue weighted by Gasteiger charge is 2.42. The summed E-state index contributed by atoms with van der Waals surface area (Å²) in [7, 11) is -3.98. The summed E-state index contributed by atoms with van der Waals surface area (Å²) < 4.78 is 7.09. The molecule has 0 amide bonds. The Kier molecular flexibility index (Phi) is 10.0. The van der Waals surface area contributed by atoms with Gasteiger partial charge in [-0.25, -0.2) is 15.0 Å². The smallest absolute Gasteiger partial charge is 0.167 e. The van der Waals surface area contributed by atoms with E-state index >= 15 is 0 Å². The van der Waals surface area contributed by atoms with E-state index in [4.69, 9.17) is 19.7 Å². The molecule has 0 atom stereocenters. The molecule has 10 aromatic rings. The van der Waals surface area contributed by atoms with E-state index in [-0.39, 0.29) is 0 Å². The van der Waals surface area contributed by atoms with Gasteiger partial charge in [0.2, 0.25) is 0 Å². The Balaban J connectivity index is 1.16. The van der Waals surface area contributed by atoms with Gasteiger partial charge in [-0.15, -0.1) is 20.1 Å². The van der Waals surface area contributed by atoms with Gasteiger partial charge in [-0.2, -0.15) is 0 Å². The van der Waals surface area contributed by atoms with Crippen molar-refractivity contribution in [1.29, 1.82) is 0 Å². The topological polar surface area (TPSA) is 47.9 Å². The van der Waals surface area contributed by atoms with E-state index in [0.717, 1.165) is 38.0 Å². The van der Waals surface area contributed by atoms with Crippen LogP contribution in [0.15, 0.2) is 288 Å². The molecule has 11 rings (SSSR count). The van der Waals surface area contributed by atoms with E-state index in [2.05, 4.69) is 231 Å². The lowest BCUT2D eigenvalue weighted by atomic mass is 10.1. The summed E-state index contributed by atoms with van der Waals surface area (Å²) in [6, 6.07) is 88.4. The monoisotopic (exact) mass is 847 g/mol. The number of ether oxygens (including phenoxy) is 1. The third-order valence-electron chi connectivity index (χ3n) is 11.5. The fraction of sp³-hybridized carbons (Fsp3) is 0. The second-order valence-corrected chi connectivity index (χ2v) is 21.3. The highest BCUT2D eigenvalue weighted by Crippen LogP contribution is 2.79. The first-order valence-electron chi connectivity index (χ1n) is 21.0. The molecule has 1 aliphatic rings. The maximum atomic E-state index is 7.09. The predicted octanol–water partition coefficient (Wildman–Crippen LogP) is 15.7. The number of hydrogen-bond acceptors (Lipinski definition) is 4. The van der Waals surface area contributed by atoms with E-state index in [1.54, 1.807) is 0 Å². The predicted molar refractivity (Wildman–Crippen MR) is 256 cm³/mol. The van der Waals surface area contributed by atoms with Gasteiger partial charge in [0.15, 0.2) is 23.2 Å². The number of aromatic nitrogens is 3. The van der Waals surface area contributed by atoms with Crippen LogP contribution in [0.5, 0.6) is 11.5 Å². The summed E-state index contributed by atoms with van der Waals surface area (Å²) in [6.07, 6.45) is 0. The van der Waals surface area contributed by atoms with Crippen LogP contribution in [0, 0.1) is 0 Å². The largest absolute Gasteiger partial charge is 0.454 e. The zero-order valence-corrected chi connectivity index (χ0v) is 35.9. The average Bonchev–Trinajstić information content (AvgIpc) is 3.37. The highest BCUT2D eigenvalue weighted by molar-refractivity contribution is 8.34. The Bertz CT molecular complexity index is 3050. The number of hydrogen-bond donors (Lipinski definition) is 0. The lowest BCUT2D eigenvalue weighted by Gasteiger charge is -2.46. The molecule has 0 fully saturated rings. The second kappa shape index (κ2) is 16.4.